The van der Waals surface area contributed by atoms with Crippen molar-refractivity contribution < 1.29 is 14.4 Å². The molecule has 164 valence electrons. The minimum Gasteiger partial charge on any atom is -0.481 e. The lowest BCUT2D eigenvalue weighted by Gasteiger charge is -2.15. The van der Waals surface area contributed by atoms with Crippen LogP contribution in [0.1, 0.15) is 53.0 Å². The standard InChI is InChI=1S/C24H22ClN3O3S/c1-2-19(29)21-10-18-24(32-21)14(3-6-27-18)15-9-13(25)7-12-8-20(30-22(12)15)23-16-11-26-5-4-17(16)28-31-23/h3,6-7,9-10,19-20,26,29H,2,4-5,8,11H2,1H3. The van der Waals surface area contributed by atoms with Gasteiger partial charge in [0.25, 0.3) is 0 Å². The van der Waals surface area contributed by atoms with Gasteiger partial charge < -0.3 is 19.7 Å². The van der Waals surface area contributed by atoms with E-state index in [0.29, 0.717) is 17.9 Å². The number of halogens is 1. The predicted molar refractivity (Wildman–Crippen MR) is 124 cm³/mol. The summed E-state index contributed by atoms with van der Waals surface area (Å²) in [5, 5.41) is 18.7. The minimum absolute atomic E-state index is 0.225. The fraction of sp³-hybridized carbons (Fsp3) is 0.333. The average molecular weight is 468 g/mol. The molecule has 2 aliphatic heterocycles. The normalized spacial score (nSPS) is 18.4. The number of hydrogen-bond acceptors (Lipinski definition) is 7. The summed E-state index contributed by atoms with van der Waals surface area (Å²) in [6.07, 6.45) is 3.30. The molecule has 8 heteroatoms. The molecule has 2 aliphatic rings. The molecular formula is C24H22ClN3O3S. The fourth-order valence-electron chi connectivity index (χ4n) is 4.62. The van der Waals surface area contributed by atoms with Gasteiger partial charge in [0.15, 0.2) is 11.9 Å². The lowest BCUT2D eigenvalue weighted by molar-refractivity contribution is 0.177. The molecule has 2 unspecified atom stereocenters. The number of aromatic nitrogens is 2. The van der Waals surface area contributed by atoms with Crippen LogP contribution in [0, 0.1) is 0 Å². The lowest BCUT2D eigenvalue weighted by atomic mass is 9.99. The van der Waals surface area contributed by atoms with Crippen LogP contribution in [0.2, 0.25) is 5.02 Å². The summed E-state index contributed by atoms with van der Waals surface area (Å²) in [5.74, 6) is 1.63. The second kappa shape index (κ2) is 7.85. The molecule has 0 amide bonds. The van der Waals surface area contributed by atoms with Crippen LogP contribution in [-0.2, 0) is 19.4 Å². The van der Waals surface area contributed by atoms with Gasteiger partial charge in [-0.3, -0.25) is 4.98 Å². The van der Waals surface area contributed by atoms with Gasteiger partial charge in [-0.15, -0.1) is 11.3 Å². The molecule has 1 aromatic carbocycles. The average Bonchev–Trinajstić information content (AvgIpc) is 3.53. The minimum atomic E-state index is -0.487. The van der Waals surface area contributed by atoms with E-state index in [1.165, 1.54) is 0 Å². The molecule has 0 saturated carbocycles. The molecule has 3 aromatic heterocycles. The van der Waals surface area contributed by atoms with Crippen molar-refractivity contribution in [2.45, 2.75) is 44.9 Å². The third-order valence-corrected chi connectivity index (χ3v) is 7.74. The topological polar surface area (TPSA) is 80.4 Å². The Balaban J connectivity index is 1.44. The predicted octanol–water partition coefficient (Wildman–Crippen LogP) is 5.37. The van der Waals surface area contributed by atoms with E-state index in [1.807, 2.05) is 31.2 Å². The van der Waals surface area contributed by atoms with E-state index in [2.05, 4.69) is 15.5 Å². The van der Waals surface area contributed by atoms with Crippen molar-refractivity contribution in [1.29, 1.82) is 0 Å². The highest BCUT2D eigenvalue weighted by Gasteiger charge is 2.34. The second-order valence-corrected chi connectivity index (χ2v) is 9.82. The number of nitrogens with zero attached hydrogens (tertiary/aromatic N) is 2. The maximum absolute atomic E-state index is 10.3. The van der Waals surface area contributed by atoms with Crippen molar-refractivity contribution in [1.82, 2.24) is 15.5 Å². The summed E-state index contributed by atoms with van der Waals surface area (Å²) in [5.41, 5.74) is 6.01. The Hall–Kier alpha value is -2.45. The SMILES string of the molecule is CCC(O)c1cc2nccc(-c3cc(Cl)cc4c3OC(c3onc5c3CNCC5)C4)c2s1. The van der Waals surface area contributed by atoms with Gasteiger partial charge in [0.2, 0.25) is 0 Å². The smallest absolute Gasteiger partial charge is 0.182 e. The van der Waals surface area contributed by atoms with Crippen LogP contribution >= 0.6 is 22.9 Å². The number of thiophene rings is 1. The Labute approximate surface area is 194 Å². The zero-order valence-electron chi connectivity index (χ0n) is 17.5. The number of ether oxygens (including phenoxy) is 1. The number of benzene rings is 1. The van der Waals surface area contributed by atoms with Crippen molar-refractivity contribution in [2.75, 3.05) is 6.54 Å². The highest BCUT2D eigenvalue weighted by molar-refractivity contribution is 7.19. The monoisotopic (exact) mass is 467 g/mol. The Morgan fingerprint density at radius 2 is 2.22 bits per heavy atom. The molecular weight excluding hydrogens is 446 g/mol. The van der Waals surface area contributed by atoms with Gasteiger partial charge in [0, 0.05) is 64.3 Å². The van der Waals surface area contributed by atoms with Gasteiger partial charge >= 0.3 is 0 Å². The number of pyridine rings is 1. The van der Waals surface area contributed by atoms with E-state index in [-0.39, 0.29) is 6.10 Å². The molecule has 2 N–H and O–H groups in total. The highest BCUT2D eigenvalue weighted by Crippen LogP contribution is 2.48. The zero-order valence-corrected chi connectivity index (χ0v) is 19.1. The van der Waals surface area contributed by atoms with Gasteiger partial charge in [-0.1, -0.05) is 23.7 Å². The molecule has 6 nitrogen and oxygen atoms in total. The molecule has 0 bridgehead atoms. The largest absolute Gasteiger partial charge is 0.481 e. The van der Waals surface area contributed by atoms with E-state index in [4.69, 9.17) is 20.9 Å². The van der Waals surface area contributed by atoms with Crippen LogP contribution in [0.4, 0.5) is 0 Å². The quantitative estimate of drug-likeness (QED) is 0.420. The van der Waals surface area contributed by atoms with Gasteiger partial charge in [-0.25, -0.2) is 0 Å². The molecule has 0 radical (unpaired) electrons. The van der Waals surface area contributed by atoms with Crippen LogP contribution in [-0.4, -0.2) is 21.8 Å². The van der Waals surface area contributed by atoms with Crippen LogP contribution < -0.4 is 10.1 Å². The van der Waals surface area contributed by atoms with Crippen LogP contribution in [0.5, 0.6) is 5.75 Å². The van der Waals surface area contributed by atoms with Crippen molar-refractivity contribution in [3.8, 4) is 16.9 Å². The van der Waals surface area contributed by atoms with Crippen molar-refractivity contribution in [3.63, 3.8) is 0 Å². The number of nitrogens with one attached hydrogen (secondary N) is 1. The van der Waals surface area contributed by atoms with Crippen LogP contribution in [0.25, 0.3) is 21.3 Å². The summed E-state index contributed by atoms with van der Waals surface area (Å²) in [7, 11) is 0. The van der Waals surface area contributed by atoms with Crippen LogP contribution in [0.3, 0.4) is 0 Å². The van der Waals surface area contributed by atoms with Crippen molar-refractivity contribution in [3.05, 3.63) is 62.9 Å². The summed E-state index contributed by atoms with van der Waals surface area (Å²) in [4.78, 5) is 5.44. The molecule has 32 heavy (non-hydrogen) atoms. The van der Waals surface area contributed by atoms with Crippen molar-refractivity contribution in [2.24, 2.45) is 0 Å². The Morgan fingerprint density at radius 3 is 3.09 bits per heavy atom. The van der Waals surface area contributed by atoms with E-state index in [9.17, 15) is 5.11 Å². The Bertz CT molecular complexity index is 1330. The molecule has 0 aliphatic carbocycles. The first kappa shape index (κ1) is 20.2. The first-order valence-corrected chi connectivity index (χ1v) is 12.1. The fourth-order valence-corrected chi connectivity index (χ4v) is 6.07. The molecule has 0 fully saturated rings. The van der Waals surface area contributed by atoms with E-state index in [0.717, 1.165) is 74.1 Å². The van der Waals surface area contributed by atoms with E-state index < -0.39 is 6.10 Å². The first-order chi connectivity index (χ1) is 15.6. The van der Waals surface area contributed by atoms with Gasteiger partial charge in [0.1, 0.15) is 5.75 Å². The first-order valence-electron chi connectivity index (χ1n) is 10.9. The Morgan fingerprint density at radius 1 is 1.31 bits per heavy atom. The second-order valence-electron chi connectivity index (χ2n) is 8.30. The Kier molecular flexibility index (Phi) is 4.95. The summed E-state index contributed by atoms with van der Waals surface area (Å²) in [6, 6.07) is 7.88. The number of aliphatic hydroxyl groups is 1. The number of aliphatic hydroxyl groups excluding tert-OH is 1. The number of rotatable bonds is 4. The third kappa shape index (κ3) is 3.23. The van der Waals surface area contributed by atoms with Gasteiger partial charge in [-0.05, 0) is 30.7 Å². The van der Waals surface area contributed by atoms with E-state index in [1.54, 1.807) is 17.5 Å². The maximum Gasteiger partial charge on any atom is 0.182 e. The number of hydrogen-bond donors (Lipinski definition) is 2. The summed E-state index contributed by atoms with van der Waals surface area (Å²) >= 11 is 8.11. The highest BCUT2D eigenvalue weighted by atomic mass is 35.5. The van der Waals surface area contributed by atoms with Gasteiger partial charge in [-0.2, -0.15) is 0 Å². The lowest BCUT2D eigenvalue weighted by Crippen LogP contribution is -2.24. The molecule has 0 saturated heterocycles. The summed E-state index contributed by atoms with van der Waals surface area (Å²) in [6.45, 7) is 3.64. The molecule has 6 rings (SSSR count). The van der Waals surface area contributed by atoms with Gasteiger partial charge in [0.05, 0.1) is 22.0 Å². The zero-order chi connectivity index (χ0) is 21.8. The molecule has 2 atom stereocenters. The van der Waals surface area contributed by atoms with Crippen molar-refractivity contribution >= 4 is 33.2 Å². The molecule has 4 aromatic rings. The molecule has 5 heterocycles. The third-order valence-electron chi connectivity index (χ3n) is 6.27. The maximum atomic E-state index is 10.3. The number of fused-ring (bicyclic) bond motifs is 3. The van der Waals surface area contributed by atoms with Crippen LogP contribution in [0.15, 0.2) is 35.0 Å². The summed E-state index contributed by atoms with van der Waals surface area (Å²) < 4.78 is 13.3. The van der Waals surface area contributed by atoms with E-state index >= 15 is 0 Å². The molecule has 0 spiro atoms.